The molecule has 0 aromatic heterocycles. The van der Waals surface area contributed by atoms with Gasteiger partial charge in [-0.3, -0.25) is 0 Å². The molecule has 1 radical (unpaired) electrons. The maximum Gasteiger partial charge on any atom is 0 e. The van der Waals surface area contributed by atoms with Crippen LogP contribution in [0.5, 0.6) is 0 Å². The van der Waals surface area contributed by atoms with Crippen LogP contribution >= 0.6 is 0 Å². The second-order valence-corrected chi connectivity index (χ2v) is 3.94. The molecule has 0 aliphatic heterocycles. The zero-order valence-electron chi connectivity index (χ0n) is 9.46. The molecule has 1 aromatic carbocycles. The van der Waals surface area contributed by atoms with Crippen molar-refractivity contribution in [3.63, 3.8) is 0 Å². The summed E-state index contributed by atoms with van der Waals surface area (Å²) in [6.07, 6.45) is 0. The summed E-state index contributed by atoms with van der Waals surface area (Å²) in [4.78, 5) is 0. The molecular weight excluding hydrogens is 167 g/mol. The minimum Gasteiger partial charge on any atom is -0.0620 e. The largest absolute Gasteiger partial charge is 0.0620 e. The summed E-state index contributed by atoms with van der Waals surface area (Å²) in [6.45, 7) is 9.00. The van der Waals surface area contributed by atoms with Gasteiger partial charge in [0.05, 0.1) is 0 Å². The summed E-state index contributed by atoms with van der Waals surface area (Å²) in [7, 11) is 0. The molecule has 0 amide bonds. The Morgan fingerprint density at radius 1 is 0.769 bits per heavy atom. The van der Waals surface area contributed by atoms with E-state index in [9.17, 15) is 0 Å². The molecule has 0 fully saturated rings. The fraction of sp³-hybridized carbons (Fsp3) is 0.500. The normalized spacial score (nSPS) is 10.3. The van der Waals surface area contributed by atoms with Crippen LogP contribution in [-0.4, -0.2) is 29.6 Å². The summed E-state index contributed by atoms with van der Waals surface area (Å²) in [6, 6.07) is 8.72. The van der Waals surface area contributed by atoms with E-state index < -0.39 is 0 Å². The van der Waals surface area contributed by atoms with Gasteiger partial charge < -0.3 is 0 Å². The van der Waals surface area contributed by atoms with E-state index in [4.69, 9.17) is 0 Å². The quantitative estimate of drug-likeness (QED) is 0.618. The summed E-state index contributed by atoms with van der Waals surface area (Å²) < 4.78 is 0. The first-order chi connectivity index (χ1) is 5.63. The molecule has 0 saturated heterocycles. The molecule has 0 N–H and O–H groups in total. The van der Waals surface area contributed by atoms with Crippen LogP contribution in [0.15, 0.2) is 24.3 Å². The van der Waals surface area contributed by atoms with Gasteiger partial charge in [-0.15, -0.1) is 0 Å². The number of benzene rings is 1. The Morgan fingerprint density at radius 3 is 1.31 bits per heavy atom. The van der Waals surface area contributed by atoms with Crippen molar-refractivity contribution in [2.45, 2.75) is 39.5 Å². The smallest absolute Gasteiger partial charge is 0 e. The molecule has 0 spiro atoms. The maximum absolute atomic E-state index is 2.25. The van der Waals surface area contributed by atoms with Gasteiger partial charge in [0.15, 0.2) is 0 Å². The van der Waals surface area contributed by atoms with Gasteiger partial charge in [0.25, 0.3) is 0 Å². The molecule has 0 bridgehead atoms. The van der Waals surface area contributed by atoms with Gasteiger partial charge in [-0.25, -0.2) is 0 Å². The standard InChI is InChI=1S/C12H18.Na/c1-9(2)11-7-5-6-8-12(11)10(3)4;/h5-10H,1-4H3;. The van der Waals surface area contributed by atoms with Crippen LogP contribution in [0.3, 0.4) is 0 Å². The second kappa shape index (κ2) is 5.85. The molecule has 0 heterocycles. The molecule has 0 atom stereocenters. The molecule has 13 heavy (non-hydrogen) atoms. The van der Waals surface area contributed by atoms with Gasteiger partial charge in [0.2, 0.25) is 0 Å². The fourth-order valence-corrected chi connectivity index (χ4v) is 1.56. The molecule has 67 valence electrons. The van der Waals surface area contributed by atoms with E-state index in [0.29, 0.717) is 11.8 Å². The van der Waals surface area contributed by atoms with Crippen molar-refractivity contribution in [1.29, 1.82) is 0 Å². The topological polar surface area (TPSA) is 0 Å². The molecule has 0 aliphatic rings. The predicted molar refractivity (Wildman–Crippen MR) is 60.4 cm³/mol. The van der Waals surface area contributed by atoms with Crippen LogP contribution < -0.4 is 0 Å². The van der Waals surface area contributed by atoms with Crippen LogP contribution in [-0.2, 0) is 0 Å². The summed E-state index contributed by atoms with van der Waals surface area (Å²) >= 11 is 0. The fourth-order valence-electron chi connectivity index (χ4n) is 1.56. The minimum absolute atomic E-state index is 0. The van der Waals surface area contributed by atoms with Crippen LogP contribution in [0, 0.1) is 0 Å². The summed E-state index contributed by atoms with van der Waals surface area (Å²) in [5.41, 5.74) is 2.99. The van der Waals surface area contributed by atoms with Crippen molar-refractivity contribution < 1.29 is 0 Å². The third-order valence-electron chi connectivity index (χ3n) is 2.24. The van der Waals surface area contributed by atoms with Crippen LogP contribution in [0.2, 0.25) is 0 Å². The Kier molecular flexibility index (Phi) is 5.95. The zero-order valence-corrected chi connectivity index (χ0v) is 11.5. The van der Waals surface area contributed by atoms with Crippen molar-refractivity contribution >= 4 is 29.6 Å². The zero-order chi connectivity index (χ0) is 9.14. The SMILES string of the molecule is CC(C)c1ccccc1C(C)C.[Na]. The van der Waals surface area contributed by atoms with Crippen molar-refractivity contribution in [3.05, 3.63) is 35.4 Å². The molecule has 0 aliphatic carbocycles. The molecule has 1 heteroatoms. The van der Waals surface area contributed by atoms with Gasteiger partial charge >= 0.3 is 0 Å². The predicted octanol–water partition coefficient (Wildman–Crippen LogP) is 3.55. The average Bonchev–Trinajstić information content (AvgIpc) is 2.04. The van der Waals surface area contributed by atoms with E-state index in [1.54, 1.807) is 0 Å². The Hall–Kier alpha value is 0.220. The first kappa shape index (κ1) is 13.2. The number of rotatable bonds is 2. The Bertz CT molecular complexity index is 224. The molecule has 0 unspecified atom stereocenters. The van der Waals surface area contributed by atoms with E-state index in [-0.39, 0.29) is 29.6 Å². The monoisotopic (exact) mass is 185 g/mol. The van der Waals surface area contributed by atoms with Gasteiger partial charge in [-0.05, 0) is 23.0 Å². The minimum atomic E-state index is 0. The van der Waals surface area contributed by atoms with Gasteiger partial charge in [0.1, 0.15) is 0 Å². The van der Waals surface area contributed by atoms with Crippen molar-refractivity contribution in [1.82, 2.24) is 0 Å². The Balaban J connectivity index is 0.00000144. The second-order valence-electron chi connectivity index (χ2n) is 3.94. The third-order valence-corrected chi connectivity index (χ3v) is 2.24. The summed E-state index contributed by atoms with van der Waals surface area (Å²) in [5.74, 6) is 1.28. The van der Waals surface area contributed by atoms with E-state index in [2.05, 4.69) is 52.0 Å². The van der Waals surface area contributed by atoms with Crippen LogP contribution in [0.1, 0.15) is 50.7 Å². The van der Waals surface area contributed by atoms with Gasteiger partial charge in [-0.2, -0.15) is 0 Å². The third kappa shape index (κ3) is 3.46. The first-order valence-electron chi connectivity index (χ1n) is 4.71. The maximum atomic E-state index is 2.25. The van der Waals surface area contributed by atoms with Gasteiger partial charge in [-0.1, -0.05) is 52.0 Å². The number of hydrogen-bond donors (Lipinski definition) is 0. The number of hydrogen-bond acceptors (Lipinski definition) is 0. The van der Waals surface area contributed by atoms with Gasteiger partial charge in [0, 0.05) is 29.6 Å². The van der Waals surface area contributed by atoms with Crippen LogP contribution in [0.25, 0.3) is 0 Å². The van der Waals surface area contributed by atoms with Crippen molar-refractivity contribution in [2.24, 2.45) is 0 Å². The molecular formula is C12H18Na. The first-order valence-corrected chi connectivity index (χ1v) is 4.71. The molecule has 0 nitrogen and oxygen atoms in total. The van der Waals surface area contributed by atoms with E-state index >= 15 is 0 Å². The Morgan fingerprint density at radius 2 is 1.08 bits per heavy atom. The van der Waals surface area contributed by atoms with Crippen LogP contribution in [0.4, 0.5) is 0 Å². The van der Waals surface area contributed by atoms with Crippen molar-refractivity contribution in [2.75, 3.05) is 0 Å². The molecule has 1 aromatic rings. The molecule has 0 saturated carbocycles. The molecule has 1 rings (SSSR count). The Labute approximate surface area is 104 Å². The average molecular weight is 185 g/mol. The van der Waals surface area contributed by atoms with E-state index in [1.165, 1.54) is 11.1 Å². The summed E-state index contributed by atoms with van der Waals surface area (Å²) in [5, 5.41) is 0. The van der Waals surface area contributed by atoms with E-state index in [1.807, 2.05) is 0 Å². The van der Waals surface area contributed by atoms with Crippen molar-refractivity contribution in [3.8, 4) is 0 Å². The van der Waals surface area contributed by atoms with E-state index in [0.717, 1.165) is 0 Å².